The molecule has 1 rings (SSSR count). The number of hydrogen-bond acceptors (Lipinski definition) is 2. The van der Waals surface area contributed by atoms with Crippen LogP contribution in [0.5, 0.6) is 0 Å². The predicted molar refractivity (Wildman–Crippen MR) is 44.1 cm³/mol. The normalized spacial score (nSPS) is 33.1. The maximum Gasteiger partial charge on any atom is 0.101 e. The van der Waals surface area contributed by atoms with Gasteiger partial charge in [-0.05, 0) is 24.8 Å². The molecule has 1 aliphatic rings. The Hall–Kier alpha value is -0.600. The second-order valence-electron chi connectivity index (χ2n) is 2.92. The third-order valence-corrected chi connectivity index (χ3v) is 1.96. The molecule has 62 valence electrons. The summed E-state index contributed by atoms with van der Waals surface area (Å²) in [6, 6.07) is 0. The van der Waals surface area contributed by atoms with Crippen LogP contribution in [0.1, 0.15) is 19.3 Å². The van der Waals surface area contributed by atoms with Gasteiger partial charge >= 0.3 is 0 Å². The van der Waals surface area contributed by atoms with Crippen LogP contribution in [-0.4, -0.2) is 22.4 Å². The average molecular weight is 154 g/mol. The minimum absolute atomic E-state index is 0.622. The van der Waals surface area contributed by atoms with Gasteiger partial charge in [-0.1, -0.05) is 18.7 Å². The van der Waals surface area contributed by atoms with Gasteiger partial charge in [0.25, 0.3) is 0 Å². The summed E-state index contributed by atoms with van der Waals surface area (Å²) < 4.78 is 0. The summed E-state index contributed by atoms with van der Waals surface area (Å²) in [5.41, 5.74) is 0.702. The molecule has 0 aromatic rings. The van der Waals surface area contributed by atoms with E-state index in [0.717, 1.165) is 6.42 Å². The van der Waals surface area contributed by atoms with E-state index in [0.29, 0.717) is 18.4 Å². The van der Waals surface area contributed by atoms with Gasteiger partial charge in [-0.25, -0.2) is 0 Å². The zero-order chi connectivity index (χ0) is 8.27. The number of aliphatic hydroxyl groups excluding tert-OH is 2. The lowest BCUT2D eigenvalue weighted by Crippen LogP contribution is -2.27. The number of aliphatic hydroxyl groups is 2. The Labute approximate surface area is 66.9 Å². The summed E-state index contributed by atoms with van der Waals surface area (Å²) in [5.74, 6) is 0. The fourth-order valence-corrected chi connectivity index (χ4v) is 1.17. The van der Waals surface area contributed by atoms with Crippen molar-refractivity contribution in [1.82, 2.24) is 0 Å². The standard InChI is InChI=1S/C9H14O2/c1-7-5-3-2-4-6-8(10)9(7)11/h2-3,8-11H,1,4-6H2/t8-,9-/m1/s1. The minimum Gasteiger partial charge on any atom is -0.390 e. The van der Waals surface area contributed by atoms with Crippen molar-refractivity contribution in [2.24, 2.45) is 0 Å². The second-order valence-corrected chi connectivity index (χ2v) is 2.92. The van der Waals surface area contributed by atoms with Gasteiger partial charge in [0.15, 0.2) is 0 Å². The molecule has 0 aromatic heterocycles. The summed E-state index contributed by atoms with van der Waals surface area (Å²) in [5, 5.41) is 18.7. The van der Waals surface area contributed by atoms with Crippen molar-refractivity contribution < 1.29 is 10.2 Å². The quantitative estimate of drug-likeness (QED) is 0.511. The molecule has 0 aromatic carbocycles. The van der Waals surface area contributed by atoms with Crippen molar-refractivity contribution >= 4 is 0 Å². The number of hydrogen-bond donors (Lipinski definition) is 2. The van der Waals surface area contributed by atoms with E-state index in [1.807, 2.05) is 12.2 Å². The van der Waals surface area contributed by atoms with Gasteiger partial charge in [0.2, 0.25) is 0 Å². The van der Waals surface area contributed by atoms with Crippen molar-refractivity contribution in [1.29, 1.82) is 0 Å². The zero-order valence-electron chi connectivity index (χ0n) is 6.53. The van der Waals surface area contributed by atoms with Crippen LogP contribution in [-0.2, 0) is 0 Å². The highest BCUT2D eigenvalue weighted by molar-refractivity contribution is 5.11. The Balaban J connectivity index is 2.62. The number of allylic oxidation sites excluding steroid dienone is 2. The minimum atomic E-state index is -0.736. The van der Waals surface area contributed by atoms with E-state index < -0.39 is 12.2 Å². The molecule has 1 aliphatic carbocycles. The van der Waals surface area contributed by atoms with Crippen molar-refractivity contribution in [3.05, 3.63) is 24.3 Å². The Bertz CT molecular complexity index is 172. The summed E-state index contributed by atoms with van der Waals surface area (Å²) in [6.45, 7) is 3.69. The Morgan fingerprint density at radius 1 is 1.36 bits per heavy atom. The van der Waals surface area contributed by atoms with E-state index in [-0.39, 0.29) is 0 Å². The highest BCUT2D eigenvalue weighted by atomic mass is 16.3. The van der Waals surface area contributed by atoms with Gasteiger partial charge in [-0.2, -0.15) is 0 Å². The van der Waals surface area contributed by atoms with Crippen LogP contribution in [0.2, 0.25) is 0 Å². The van der Waals surface area contributed by atoms with E-state index in [4.69, 9.17) is 0 Å². The van der Waals surface area contributed by atoms with E-state index >= 15 is 0 Å². The van der Waals surface area contributed by atoms with Crippen molar-refractivity contribution in [2.75, 3.05) is 0 Å². The van der Waals surface area contributed by atoms with E-state index in [9.17, 15) is 10.2 Å². The molecule has 0 radical (unpaired) electrons. The maximum atomic E-state index is 9.37. The third-order valence-electron chi connectivity index (χ3n) is 1.96. The Kier molecular flexibility index (Phi) is 2.85. The van der Waals surface area contributed by atoms with Gasteiger partial charge in [0.05, 0.1) is 6.10 Å². The van der Waals surface area contributed by atoms with Gasteiger partial charge in [0, 0.05) is 0 Å². The maximum absolute atomic E-state index is 9.37. The highest BCUT2D eigenvalue weighted by Gasteiger charge is 2.18. The monoisotopic (exact) mass is 154 g/mol. The molecule has 2 heteroatoms. The smallest absolute Gasteiger partial charge is 0.101 e. The SMILES string of the molecule is C=C1CC=CCC[C@@H](O)[C@@H]1O. The zero-order valence-corrected chi connectivity index (χ0v) is 6.53. The number of rotatable bonds is 0. The first-order chi connectivity index (χ1) is 5.22. The van der Waals surface area contributed by atoms with Crippen LogP contribution in [0.4, 0.5) is 0 Å². The molecule has 0 saturated carbocycles. The van der Waals surface area contributed by atoms with Gasteiger partial charge in [0.1, 0.15) is 6.10 Å². The molecule has 0 saturated heterocycles. The lowest BCUT2D eigenvalue weighted by Gasteiger charge is -2.20. The van der Waals surface area contributed by atoms with Crippen LogP contribution < -0.4 is 0 Å². The summed E-state index contributed by atoms with van der Waals surface area (Å²) in [4.78, 5) is 0. The van der Waals surface area contributed by atoms with E-state index in [2.05, 4.69) is 6.58 Å². The molecule has 0 fully saturated rings. The molecule has 2 nitrogen and oxygen atoms in total. The van der Waals surface area contributed by atoms with Gasteiger partial charge in [-0.15, -0.1) is 0 Å². The molecular formula is C9H14O2. The van der Waals surface area contributed by atoms with Gasteiger partial charge < -0.3 is 10.2 Å². The fourth-order valence-electron chi connectivity index (χ4n) is 1.17. The first kappa shape index (κ1) is 8.50. The predicted octanol–water partition coefficient (Wildman–Crippen LogP) is 1.00. The highest BCUT2D eigenvalue weighted by Crippen LogP contribution is 2.16. The van der Waals surface area contributed by atoms with Crippen molar-refractivity contribution in [2.45, 2.75) is 31.5 Å². The largest absolute Gasteiger partial charge is 0.390 e. The molecule has 2 atom stereocenters. The third kappa shape index (κ3) is 2.17. The molecule has 2 N–H and O–H groups in total. The summed E-state index contributed by atoms with van der Waals surface area (Å²) in [7, 11) is 0. The molecule has 0 bridgehead atoms. The lowest BCUT2D eigenvalue weighted by molar-refractivity contribution is 0.0356. The molecule has 0 amide bonds. The second kappa shape index (κ2) is 3.69. The first-order valence-corrected chi connectivity index (χ1v) is 3.90. The van der Waals surface area contributed by atoms with E-state index in [1.54, 1.807) is 0 Å². The van der Waals surface area contributed by atoms with Crippen molar-refractivity contribution in [3.63, 3.8) is 0 Å². The van der Waals surface area contributed by atoms with Crippen LogP contribution in [0, 0.1) is 0 Å². The van der Waals surface area contributed by atoms with Crippen LogP contribution in [0.15, 0.2) is 24.3 Å². The van der Waals surface area contributed by atoms with Crippen LogP contribution >= 0.6 is 0 Å². The van der Waals surface area contributed by atoms with Crippen LogP contribution in [0.3, 0.4) is 0 Å². The summed E-state index contributed by atoms with van der Waals surface area (Å²) >= 11 is 0. The molecule has 0 heterocycles. The molecule has 0 unspecified atom stereocenters. The molecule has 11 heavy (non-hydrogen) atoms. The van der Waals surface area contributed by atoms with Crippen LogP contribution in [0.25, 0.3) is 0 Å². The molecule has 0 spiro atoms. The lowest BCUT2D eigenvalue weighted by atomic mass is 9.97. The fraction of sp³-hybridized carbons (Fsp3) is 0.556. The first-order valence-electron chi connectivity index (χ1n) is 3.90. The topological polar surface area (TPSA) is 40.5 Å². The van der Waals surface area contributed by atoms with Gasteiger partial charge in [-0.3, -0.25) is 0 Å². The molecular weight excluding hydrogens is 140 g/mol. The Morgan fingerprint density at radius 2 is 2.09 bits per heavy atom. The van der Waals surface area contributed by atoms with Crippen molar-refractivity contribution in [3.8, 4) is 0 Å². The average Bonchev–Trinajstić information content (AvgIpc) is 2.00. The summed E-state index contributed by atoms with van der Waals surface area (Å²) in [6.07, 6.45) is 4.77. The Morgan fingerprint density at radius 3 is 2.82 bits per heavy atom. The molecule has 0 aliphatic heterocycles. The van der Waals surface area contributed by atoms with E-state index in [1.165, 1.54) is 0 Å².